The van der Waals surface area contributed by atoms with E-state index in [0.29, 0.717) is 13.0 Å². The summed E-state index contributed by atoms with van der Waals surface area (Å²) in [6, 6.07) is 18.9. The fourth-order valence-electron chi connectivity index (χ4n) is 4.63. The van der Waals surface area contributed by atoms with Crippen LogP contribution in [0.4, 0.5) is 4.79 Å². The van der Waals surface area contributed by atoms with E-state index in [1.54, 1.807) is 0 Å². The molecule has 1 amide bonds. The summed E-state index contributed by atoms with van der Waals surface area (Å²) in [6.07, 6.45) is 0.0529. The van der Waals surface area contributed by atoms with Crippen molar-refractivity contribution in [1.29, 1.82) is 0 Å². The van der Waals surface area contributed by atoms with Gasteiger partial charge in [0, 0.05) is 11.1 Å². The molecule has 2 N–H and O–H groups in total. The second kappa shape index (κ2) is 12.2. The molecule has 6 nitrogen and oxygen atoms in total. The molecule has 0 heterocycles. The van der Waals surface area contributed by atoms with Crippen molar-refractivity contribution in [3.8, 4) is 0 Å². The Morgan fingerprint density at radius 2 is 1.24 bits per heavy atom. The summed E-state index contributed by atoms with van der Waals surface area (Å²) < 4.78 is 11.6. The molecule has 0 radical (unpaired) electrons. The third-order valence-electron chi connectivity index (χ3n) is 6.21. The topological polar surface area (TPSA) is 76.7 Å². The standard InChI is InChI=1S/C31H46N2O4/c1-28(2,3)32-25(26(34)31(8,9)37-21-24-18-14-11-15-19-24)29(4,5)22-30(6,7)33-27(35)36-20-23-16-12-10-13-17-23/h10-19,25,32H,20-22H2,1-9H3,(H,33,35). The summed E-state index contributed by atoms with van der Waals surface area (Å²) in [4.78, 5) is 26.6. The third kappa shape index (κ3) is 10.3. The van der Waals surface area contributed by atoms with Crippen LogP contribution in [0.25, 0.3) is 0 Å². The van der Waals surface area contributed by atoms with Gasteiger partial charge in [-0.05, 0) is 71.4 Å². The SMILES string of the molecule is CC(C)(C)NC(C(=O)C(C)(C)OCc1ccccc1)C(C)(C)CC(C)(C)NC(=O)OCc1ccccc1. The third-order valence-corrected chi connectivity index (χ3v) is 6.21. The Labute approximate surface area is 223 Å². The fraction of sp³-hybridized carbons (Fsp3) is 0.548. The molecule has 2 rings (SSSR count). The first kappa shape index (κ1) is 30.5. The summed E-state index contributed by atoms with van der Waals surface area (Å²) in [6.45, 7) is 18.4. The molecule has 1 unspecified atom stereocenters. The lowest BCUT2D eigenvalue weighted by molar-refractivity contribution is -0.148. The van der Waals surface area contributed by atoms with Crippen molar-refractivity contribution in [3.63, 3.8) is 0 Å². The minimum absolute atomic E-state index is 0.0224. The molecular formula is C31H46N2O4. The normalized spacial score (nSPS) is 13.6. The minimum atomic E-state index is -1.01. The number of carbonyl (C=O) groups is 2. The zero-order chi connectivity index (χ0) is 27.9. The number of Topliss-reactive ketones (excluding diaryl/α,β-unsaturated/α-hetero) is 1. The van der Waals surface area contributed by atoms with E-state index in [1.165, 1.54) is 0 Å². The number of ether oxygens (including phenoxy) is 2. The number of rotatable bonds is 12. The number of hydrogen-bond donors (Lipinski definition) is 2. The van der Waals surface area contributed by atoms with Crippen LogP contribution in [0, 0.1) is 5.41 Å². The van der Waals surface area contributed by atoms with E-state index < -0.39 is 28.7 Å². The van der Waals surface area contributed by atoms with Gasteiger partial charge in [-0.2, -0.15) is 0 Å². The van der Waals surface area contributed by atoms with Crippen LogP contribution in [0.15, 0.2) is 60.7 Å². The van der Waals surface area contributed by atoms with E-state index in [-0.39, 0.29) is 17.9 Å². The van der Waals surface area contributed by atoms with E-state index in [9.17, 15) is 9.59 Å². The Morgan fingerprint density at radius 3 is 1.73 bits per heavy atom. The van der Waals surface area contributed by atoms with Crippen LogP contribution in [0.1, 0.15) is 79.9 Å². The van der Waals surface area contributed by atoms with E-state index in [0.717, 1.165) is 11.1 Å². The van der Waals surface area contributed by atoms with Gasteiger partial charge in [0.15, 0.2) is 5.78 Å². The first-order chi connectivity index (χ1) is 17.0. The summed E-state index contributed by atoms with van der Waals surface area (Å²) in [5.74, 6) is -0.0224. The van der Waals surface area contributed by atoms with Crippen LogP contribution >= 0.6 is 0 Å². The zero-order valence-electron chi connectivity index (χ0n) is 24.1. The van der Waals surface area contributed by atoms with Crippen molar-refractivity contribution in [3.05, 3.63) is 71.8 Å². The number of benzene rings is 2. The van der Waals surface area contributed by atoms with Gasteiger partial charge in [0.2, 0.25) is 0 Å². The minimum Gasteiger partial charge on any atom is -0.445 e. The maximum atomic E-state index is 14.0. The fourth-order valence-corrected chi connectivity index (χ4v) is 4.63. The molecule has 0 aliphatic carbocycles. The van der Waals surface area contributed by atoms with Gasteiger partial charge in [0.1, 0.15) is 12.2 Å². The van der Waals surface area contributed by atoms with Crippen molar-refractivity contribution in [2.75, 3.05) is 0 Å². The Morgan fingerprint density at radius 1 is 0.757 bits per heavy atom. The average molecular weight is 511 g/mol. The van der Waals surface area contributed by atoms with Crippen LogP contribution in [0.2, 0.25) is 0 Å². The summed E-state index contributed by atoms with van der Waals surface area (Å²) in [5, 5.41) is 6.54. The summed E-state index contributed by atoms with van der Waals surface area (Å²) >= 11 is 0. The molecule has 2 aromatic rings. The Hall–Kier alpha value is -2.70. The number of hydrogen-bond acceptors (Lipinski definition) is 5. The maximum Gasteiger partial charge on any atom is 0.407 e. The van der Waals surface area contributed by atoms with E-state index in [4.69, 9.17) is 9.47 Å². The highest BCUT2D eigenvalue weighted by Gasteiger charge is 2.46. The molecule has 0 spiro atoms. The first-order valence-corrected chi connectivity index (χ1v) is 13.0. The second-order valence-corrected chi connectivity index (χ2v) is 12.7. The van der Waals surface area contributed by atoms with E-state index >= 15 is 0 Å². The van der Waals surface area contributed by atoms with Crippen molar-refractivity contribution in [1.82, 2.24) is 10.6 Å². The van der Waals surface area contributed by atoms with Gasteiger partial charge in [0.25, 0.3) is 0 Å². The van der Waals surface area contributed by atoms with Crippen LogP contribution < -0.4 is 10.6 Å². The van der Waals surface area contributed by atoms with Gasteiger partial charge in [-0.1, -0.05) is 74.5 Å². The van der Waals surface area contributed by atoms with Crippen molar-refractivity contribution in [2.45, 2.75) is 105 Å². The smallest absolute Gasteiger partial charge is 0.407 e. The van der Waals surface area contributed by atoms with Gasteiger partial charge in [-0.15, -0.1) is 0 Å². The molecule has 0 saturated heterocycles. The Kier molecular flexibility index (Phi) is 10.1. The number of carbonyl (C=O) groups excluding carboxylic acids is 2. The van der Waals surface area contributed by atoms with Gasteiger partial charge >= 0.3 is 6.09 Å². The Balaban J connectivity index is 2.13. The van der Waals surface area contributed by atoms with Crippen LogP contribution in [-0.4, -0.2) is 34.6 Å². The first-order valence-electron chi connectivity index (χ1n) is 13.0. The van der Waals surface area contributed by atoms with Crippen molar-refractivity contribution in [2.24, 2.45) is 5.41 Å². The quantitative estimate of drug-likeness (QED) is 0.344. The molecule has 1 atom stereocenters. The highest BCUT2D eigenvalue weighted by atomic mass is 16.5. The maximum absolute atomic E-state index is 14.0. The number of amides is 1. The highest BCUT2D eigenvalue weighted by molar-refractivity contribution is 5.92. The molecule has 0 aliphatic heterocycles. The summed E-state index contributed by atoms with van der Waals surface area (Å²) in [7, 11) is 0. The lowest BCUT2D eigenvalue weighted by atomic mass is 9.70. The Bertz CT molecular complexity index is 1010. The zero-order valence-corrected chi connectivity index (χ0v) is 24.1. The lowest BCUT2D eigenvalue weighted by Crippen LogP contribution is -2.61. The van der Waals surface area contributed by atoms with Crippen LogP contribution in [0.3, 0.4) is 0 Å². The average Bonchev–Trinajstić information content (AvgIpc) is 2.79. The van der Waals surface area contributed by atoms with Gasteiger partial charge in [-0.25, -0.2) is 4.79 Å². The molecule has 0 aliphatic rings. The van der Waals surface area contributed by atoms with Crippen molar-refractivity contribution < 1.29 is 19.1 Å². The van der Waals surface area contributed by atoms with Gasteiger partial charge in [-0.3, -0.25) is 4.79 Å². The van der Waals surface area contributed by atoms with E-state index in [2.05, 4.69) is 24.5 Å². The molecule has 204 valence electrons. The summed E-state index contributed by atoms with van der Waals surface area (Å²) in [5.41, 5.74) is -0.518. The molecule has 0 bridgehead atoms. The molecule has 37 heavy (non-hydrogen) atoms. The predicted molar refractivity (Wildman–Crippen MR) is 149 cm³/mol. The van der Waals surface area contributed by atoms with E-state index in [1.807, 2.05) is 109 Å². The molecule has 0 aromatic heterocycles. The van der Waals surface area contributed by atoms with Gasteiger partial charge in [0.05, 0.1) is 12.6 Å². The predicted octanol–water partition coefficient (Wildman–Crippen LogP) is 6.43. The number of nitrogens with one attached hydrogen (secondary N) is 2. The highest BCUT2D eigenvalue weighted by Crippen LogP contribution is 2.35. The van der Waals surface area contributed by atoms with Gasteiger partial charge < -0.3 is 20.1 Å². The molecule has 2 aromatic carbocycles. The van der Waals surface area contributed by atoms with Crippen LogP contribution in [0.5, 0.6) is 0 Å². The largest absolute Gasteiger partial charge is 0.445 e. The number of ketones is 1. The second-order valence-electron chi connectivity index (χ2n) is 12.7. The van der Waals surface area contributed by atoms with Crippen molar-refractivity contribution >= 4 is 11.9 Å². The molecule has 0 fully saturated rings. The molecular weight excluding hydrogens is 464 g/mol. The molecule has 6 heteroatoms. The lowest BCUT2D eigenvalue weighted by Gasteiger charge is -2.45. The van der Waals surface area contributed by atoms with Crippen LogP contribution in [-0.2, 0) is 27.5 Å². The number of alkyl carbamates (subject to hydrolysis) is 1. The molecule has 0 saturated carbocycles. The monoisotopic (exact) mass is 510 g/mol.